The summed E-state index contributed by atoms with van der Waals surface area (Å²) in [5.41, 5.74) is 2.74. The fraction of sp³-hybridized carbons (Fsp3) is 0.375. The van der Waals surface area contributed by atoms with Crippen LogP contribution in [-0.2, 0) is 6.54 Å². The van der Waals surface area contributed by atoms with Crippen molar-refractivity contribution in [2.24, 2.45) is 0 Å². The molecule has 1 N–H and O–H groups in total. The fourth-order valence-electron chi connectivity index (χ4n) is 2.40. The zero-order valence-electron chi connectivity index (χ0n) is 12.1. The molecule has 1 aliphatic rings. The third-order valence-corrected chi connectivity index (χ3v) is 4.33. The van der Waals surface area contributed by atoms with E-state index in [1.165, 1.54) is 5.56 Å². The molecule has 1 fully saturated rings. The topological polar surface area (TPSA) is 45.2 Å². The second-order valence-electron chi connectivity index (χ2n) is 5.25. The summed E-state index contributed by atoms with van der Waals surface area (Å²) in [5, 5.41) is 7.39. The van der Waals surface area contributed by atoms with Crippen LogP contribution in [0.25, 0.3) is 0 Å². The number of nitrogens with zero attached hydrogens (tertiary/aromatic N) is 2. The van der Waals surface area contributed by atoms with E-state index in [1.54, 1.807) is 23.7 Å². The van der Waals surface area contributed by atoms with Crippen molar-refractivity contribution in [3.05, 3.63) is 46.4 Å². The summed E-state index contributed by atoms with van der Waals surface area (Å²) in [6.07, 6.45) is 5.63. The van der Waals surface area contributed by atoms with Gasteiger partial charge >= 0.3 is 0 Å². The van der Waals surface area contributed by atoms with Crippen molar-refractivity contribution < 1.29 is 4.79 Å². The van der Waals surface area contributed by atoms with E-state index in [0.717, 1.165) is 25.1 Å². The van der Waals surface area contributed by atoms with Gasteiger partial charge in [0.25, 0.3) is 5.91 Å². The van der Waals surface area contributed by atoms with E-state index in [0.29, 0.717) is 18.2 Å². The second-order valence-corrected chi connectivity index (χ2v) is 6.03. The largest absolute Gasteiger partial charge is 0.383 e. The van der Waals surface area contributed by atoms with Gasteiger partial charge in [0.2, 0.25) is 0 Å². The number of rotatable bonds is 6. The molecule has 1 aliphatic carbocycles. The molecule has 0 radical (unpaired) electrons. The van der Waals surface area contributed by atoms with Gasteiger partial charge in [-0.1, -0.05) is 0 Å². The summed E-state index contributed by atoms with van der Waals surface area (Å²) >= 11 is 1.67. The Labute approximate surface area is 128 Å². The van der Waals surface area contributed by atoms with Gasteiger partial charge in [0.1, 0.15) is 0 Å². The maximum atomic E-state index is 12.9. The van der Waals surface area contributed by atoms with Crippen LogP contribution in [0.2, 0.25) is 0 Å². The lowest BCUT2D eigenvalue weighted by Crippen LogP contribution is -2.33. The smallest absolute Gasteiger partial charge is 0.256 e. The molecule has 3 rings (SSSR count). The van der Waals surface area contributed by atoms with E-state index in [9.17, 15) is 4.79 Å². The average Bonchev–Trinajstić information content (AvgIpc) is 3.21. The predicted molar refractivity (Wildman–Crippen MR) is 85.6 cm³/mol. The van der Waals surface area contributed by atoms with Crippen molar-refractivity contribution in [1.29, 1.82) is 0 Å². The first-order valence-electron chi connectivity index (χ1n) is 7.29. The van der Waals surface area contributed by atoms with Crippen LogP contribution in [0.4, 0.5) is 5.69 Å². The predicted octanol–water partition coefficient (Wildman–Crippen LogP) is 3.38. The maximum absolute atomic E-state index is 12.9. The first-order valence-corrected chi connectivity index (χ1v) is 8.23. The Morgan fingerprint density at radius 3 is 3.00 bits per heavy atom. The normalized spacial score (nSPS) is 14.0. The Bertz CT molecular complexity index is 608. The van der Waals surface area contributed by atoms with Crippen molar-refractivity contribution in [1.82, 2.24) is 9.88 Å². The molecule has 2 aromatic rings. The van der Waals surface area contributed by atoms with Crippen molar-refractivity contribution in [2.45, 2.75) is 32.4 Å². The van der Waals surface area contributed by atoms with Crippen LogP contribution in [0.1, 0.15) is 35.7 Å². The van der Waals surface area contributed by atoms with E-state index in [-0.39, 0.29) is 5.91 Å². The van der Waals surface area contributed by atoms with Gasteiger partial charge in [-0.05, 0) is 48.2 Å². The lowest BCUT2D eigenvalue weighted by molar-refractivity contribution is 0.0731. The minimum atomic E-state index is 0.0991. The highest BCUT2D eigenvalue weighted by Crippen LogP contribution is 2.31. The van der Waals surface area contributed by atoms with E-state index < -0.39 is 0 Å². The highest BCUT2D eigenvalue weighted by molar-refractivity contribution is 7.07. The van der Waals surface area contributed by atoms with Crippen LogP contribution in [-0.4, -0.2) is 28.4 Å². The summed E-state index contributed by atoms with van der Waals surface area (Å²) < 4.78 is 0. The summed E-state index contributed by atoms with van der Waals surface area (Å²) in [6.45, 7) is 3.49. The van der Waals surface area contributed by atoms with Crippen LogP contribution in [0.5, 0.6) is 0 Å². The Morgan fingerprint density at radius 1 is 1.48 bits per heavy atom. The summed E-state index contributed by atoms with van der Waals surface area (Å²) in [4.78, 5) is 19.0. The molecule has 0 aromatic carbocycles. The van der Waals surface area contributed by atoms with Crippen LogP contribution in [0.15, 0.2) is 35.3 Å². The molecule has 0 bridgehead atoms. The third kappa shape index (κ3) is 3.24. The maximum Gasteiger partial charge on any atom is 0.256 e. The highest BCUT2D eigenvalue weighted by Gasteiger charge is 2.33. The minimum absolute atomic E-state index is 0.0991. The van der Waals surface area contributed by atoms with Gasteiger partial charge in [-0.25, -0.2) is 0 Å². The SMILES string of the molecule is CCNc1cnccc1C(=O)N(Cc1ccsc1)C1CC1. The van der Waals surface area contributed by atoms with E-state index >= 15 is 0 Å². The quantitative estimate of drug-likeness (QED) is 0.889. The standard InChI is InChI=1S/C16H19N3OS/c1-2-18-15-9-17-7-5-14(15)16(20)19(13-3-4-13)10-12-6-8-21-11-12/h5-9,11,13,18H,2-4,10H2,1H3. The summed E-state index contributed by atoms with van der Waals surface area (Å²) in [7, 11) is 0. The zero-order valence-corrected chi connectivity index (χ0v) is 12.9. The van der Waals surface area contributed by atoms with Gasteiger partial charge in [0.05, 0.1) is 17.4 Å². The third-order valence-electron chi connectivity index (χ3n) is 3.60. The van der Waals surface area contributed by atoms with E-state index in [4.69, 9.17) is 0 Å². The second kappa shape index (κ2) is 6.26. The molecule has 4 nitrogen and oxygen atoms in total. The molecule has 0 atom stereocenters. The van der Waals surface area contributed by atoms with E-state index in [2.05, 4.69) is 27.1 Å². The number of aromatic nitrogens is 1. The zero-order chi connectivity index (χ0) is 14.7. The Balaban J connectivity index is 1.84. The molecule has 0 saturated heterocycles. The van der Waals surface area contributed by atoms with Gasteiger partial charge < -0.3 is 10.2 Å². The summed E-state index contributed by atoms with van der Waals surface area (Å²) in [6, 6.07) is 4.29. The van der Waals surface area contributed by atoms with Crippen molar-refractivity contribution in [3.8, 4) is 0 Å². The van der Waals surface area contributed by atoms with Crippen molar-refractivity contribution >= 4 is 22.9 Å². The fourth-order valence-corrected chi connectivity index (χ4v) is 3.06. The molecule has 0 unspecified atom stereocenters. The lowest BCUT2D eigenvalue weighted by atomic mass is 10.1. The Hall–Kier alpha value is -1.88. The van der Waals surface area contributed by atoms with Crippen LogP contribution in [0, 0.1) is 0 Å². The van der Waals surface area contributed by atoms with Crippen molar-refractivity contribution in [2.75, 3.05) is 11.9 Å². The van der Waals surface area contributed by atoms with Gasteiger partial charge in [0.15, 0.2) is 0 Å². The summed E-state index contributed by atoms with van der Waals surface area (Å²) in [5.74, 6) is 0.0991. The molecule has 5 heteroatoms. The Morgan fingerprint density at radius 2 is 2.33 bits per heavy atom. The lowest BCUT2D eigenvalue weighted by Gasteiger charge is -2.23. The first kappa shape index (κ1) is 14.1. The number of anilines is 1. The molecular formula is C16H19N3OS. The Kier molecular flexibility index (Phi) is 4.20. The number of carbonyl (C=O) groups excluding carboxylic acids is 1. The van der Waals surface area contributed by atoms with Gasteiger partial charge in [-0.2, -0.15) is 11.3 Å². The van der Waals surface area contributed by atoms with Crippen LogP contribution in [0.3, 0.4) is 0 Å². The molecule has 0 aliphatic heterocycles. The number of carbonyl (C=O) groups is 1. The number of hydrogen-bond acceptors (Lipinski definition) is 4. The number of pyridine rings is 1. The average molecular weight is 301 g/mol. The molecule has 1 amide bonds. The highest BCUT2D eigenvalue weighted by atomic mass is 32.1. The molecular weight excluding hydrogens is 282 g/mol. The number of hydrogen-bond donors (Lipinski definition) is 1. The van der Waals surface area contributed by atoms with Crippen molar-refractivity contribution in [3.63, 3.8) is 0 Å². The molecule has 1 saturated carbocycles. The molecule has 110 valence electrons. The van der Waals surface area contributed by atoms with E-state index in [1.807, 2.05) is 17.9 Å². The molecule has 2 heterocycles. The number of amides is 1. The molecule has 21 heavy (non-hydrogen) atoms. The number of thiophene rings is 1. The molecule has 2 aromatic heterocycles. The van der Waals surface area contributed by atoms with Gasteiger partial charge in [0, 0.05) is 25.3 Å². The van der Waals surface area contributed by atoms with Crippen LogP contribution < -0.4 is 5.32 Å². The van der Waals surface area contributed by atoms with Gasteiger partial charge in [-0.3, -0.25) is 9.78 Å². The minimum Gasteiger partial charge on any atom is -0.383 e. The first-order chi connectivity index (χ1) is 10.3. The van der Waals surface area contributed by atoms with Crippen LogP contribution >= 0.6 is 11.3 Å². The monoisotopic (exact) mass is 301 g/mol. The number of nitrogens with one attached hydrogen (secondary N) is 1. The van der Waals surface area contributed by atoms with Gasteiger partial charge in [-0.15, -0.1) is 0 Å². The molecule has 0 spiro atoms.